The predicted octanol–water partition coefficient (Wildman–Crippen LogP) is 5.00. The summed E-state index contributed by atoms with van der Waals surface area (Å²) in [6, 6.07) is 11.0. The lowest BCUT2D eigenvalue weighted by Gasteiger charge is -2.21. The SMILES string of the molecule is O=S(=O)(c1cc(Cl)ccc1Cl)N1CCS[C@H](c2ccccc2F)CC1. The van der Waals surface area contributed by atoms with E-state index in [1.165, 1.54) is 22.5 Å². The summed E-state index contributed by atoms with van der Waals surface area (Å²) < 4.78 is 41.3. The Bertz CT molecular complexity index is 877. The number of nitrogens with zero attached hydrogens (tertiary/aromatic N) is 1. The van der Waals surface area contributed by atoms with Crippen LogP contribution in [0.15, 0.2) is 47.4 Å². The molecule has 0 N–H and O–H groups in total. The second-order valence-electron chi connectivity index (χ2n) is 5.65. The molecule has 25 heavy (non-hydrogen) atoms. The largest absolute Gasteiger partial charge is 0.244 e. The zero-order valence-electron chi connectivity index (χ0n) is 13.2. The molecule has 3 nitrogen and oxygen atoms in total. The summed E-state index contributed by atoms with van der Waals surface area (Å²) in [5.74, 6) is 0.324. The van der Waals surface area contributed by atoms with Crippen molar-refractivity contribution >= 4 is 45.0 Å². The molecule has 0 bridgehead atoms. The molecule has 1 heterocycles. The Morgan fingerprint density at radius 2 is 1.88 bits per heavy atom. The van der Waals surface area contributed by atoms with Gasteiger partial charge in [0.25, 0.3) is 0 Å². The average molecular weight is 420 g/mol. The molecule has 0 amide bonds. The molecule has 1 aliphatic heterocycles. The topological polar surface area (TPSA) is 37.4 Å². The van der Waals surface area contributed by atoms with Gasteiger partial charge in [0.05, 0.1) is 5.02 Å². The van der Waals surface area contributed by atoms with Gasteiger partial charge in [-0.2, -0.15) is 16.1 Å². The van der Waals surface area contributed by atoms with Gasteiger partial charge < -0.3 is 0 Å². The van der Waals surface area contributed by atoms with Crippen LogP contribution in [0.4, 0.5) is 4.39 Å². The highest BCUT2D eigenvalue weighted by atomic mass is 35.5. The van der Waals surface area contributed by atoms with Gasteiger partial charge >= 0.3 is 0 Å². The molecule has 1 saturated heterocycles. The molecular weight excluding hydrogens is 404 g/mol. The van der Waals surface area contributed by atoms with Crippen molar-refractivity contribution in [2.75, 3.05) is 18.8 Å². The second-order valence-corrected chi connectivity index (χ2v) is 9.71. The minimum Gasteiger partial charge on any atom is -0.207 e. The minimum absolute atomic E-state index is 0.0102. The first-order valence-corrected chi connectivity index (χ1v) is 11.0. The number of sulfonamides is 1. The van der Waals surface area contributed by atoms with Crippen molar-refractivity contribution in [2.45, 2.75) is 16.6 Å². The summed E-state index contributed by atoms with van der Waals surface area (Å²) in [5, 5.41) is 0.389. The van der Waals surface area contributed by atoms with Crippen LogP contribution in [0, 0.1) is 5.82 Å². The van der Waals surface area contributed by atoms with Crippen LogP contribution in [0.2, 0.25) is 10.0 Å². The number of thioether (sulfide) groups is 1. The van der Waals surface area contributed by atoms with Crippen molar-refractivity contribution in [3.8, 4) is 0 Å². The smallest absolute Gasteiger partial charge is 0.207 e. The van der Waals surface area contributed by atoms with E-state index in [0.717, 1.165) is 0 Å². The van der Waals surface area contributed by atoms with E-state index in [9.17, 15) is 12.8 Å². The Morgan fingerprint density at radius 1 is 1.12 bits per heavy atom. The highest BCUT2D eigenvalue weighted by Crippen LogP contribution is 2.37. The molecule has 2 aromatic carbocycles. The lowest BCUT2D eigenvalue weighted by Crippen LogP contribution is -2.33. The van der Waals surface area contributed by atoms with Gasteiger partial charge in [-0.05, 0) is 30.7 Å². The first-order valence-electron chi connectivity index (χ1n) is 7.71. The molecule has 0 aliphatic carbocycles. The normalized spacial score (nSPS) is 19.6. The maximum absolute atomic E-state index is 14.0. The van der Waals surface area contributed by atoms with Gasteiger partial charge in [0.1, 0.15) is 10.7 Å². The highest BCUT2D eigenvalue weighted by molar-refractivity contribution is 7.99. The van der Waals surface area contributed by atoms with Crippen LogP contribution >= 0.6 is 35.0 Å². The lowest BCUT2D eigenvalue weighted by molar-refractivity contribution is 0.427. The number of benzene rings is 2. The summed E-state index contributed by atoms with van der Waals surface area (Å²) in [4.78, 5) is 0.0102. The number of halogens is 3. The van der Waals surface area contributed by atoms with E-state index in [4.69, 9.17) is 23.2 Å². The summed E-state index contributed by atoms with van der Waals surface area (Å²) in [6.07, 6.45) is 0.531. The molecule has 1 aliphatic rings. The summed E-state index contributed by atoms with van der Waals surface area (Å²) >= 11 is 13.6. The second kappa shape index (κ2) is 7.84. The zero-order valence-corrected chi connectivity index (χ0v) is 16.3. The third-order valence-corrected chi connectivity index (χ3v) is 7.99. The van der Waals surface area contributed by atoms with Crippen molar-refractivity contribution in [1.82, 2.24) is 4.31 Å². The van der Waals surface area contributed by atoms with Crippen molar-refractivity contribution in [1.29, 1.82) is 0 Å². The van der Waals surface area contributed by atoms with Crippen molar-refractivity contribution < 1.29 is 12.8 Å². The van der Waals surface area contributed by atoms with Crippen LogP contribution < -0.4 is 0 Å². The quantitative estimate of drug-likeness (QED) is 0.701. The summed E-state index contributed by atoms with van der Waals surface area (Å²) in [6.45, 7) is 0.651. The van der Waals surface area contributed by atoms with E-state index in [2.05, 4.69) is 0 Å². The zero-order chi connectivity index (χ0) is 18.0. The van der Waals surface area contributed by atoms with E-state index in [1.807, 2.05) is 0 Å². The van der Waals surface area contributed by atoms with E-state index < -0.39 is 10.0 Å². The molecule has 0 aromatic heterocycles. The molecule has 1 atom stereocenters. The van der Waals surface area contributed by atoms with Gasteiger partial charge in [0.2, 0.25) is 10.0 Å². The molecule has 0 unspecified atom stereocenters. The van der Waals surface area contributed by atoms with Gasteiger partial charge in [-0.25, -0.2) is 12.8 Å². The molecule has 3 rings (SSSR count). The summed E-state index contributed by atoms with van der Waals surface area (Å²) in [5.41, 5.74) is 0.618. The molecule has 8 heteroatoms. The molecule has 0 spiro atoms. The fourth-order valence-corrected chi connectivity index (χ4v) is 6.35. The van der Waals surface area contributed by atoms with E-state index in [0.29, 0.717) is 35.8 Å². The fraction of sp³-hybridized carbons (Fsp3) is 0.294. The molecule has 134 valence electrons. The Morgan fingerprint density at radius 3 is 2.64 bits per heavy atom. The molecule has 0 saturated carbocycles. The molecule has 1 fully saturated rings. The first-order chi connectivity index (χ1) is 11.9. The van der Waals surface area contributed by atoms with Crippen molar-refractivity contribution in [3.05, 3.63) is 63.9 Å². The number of hydrogen-bond acceptors (Lipinski definition) is 3. The van der Waals surface area contributed by atoms with E-state index in [-0.39, 0.29) is 21.0 Å². The van der Waals surface area contributed by atoms with Crippen LogP contribution in [0.3, 0.4) is 0 Å². The number of hydrogen-bond donors (Lipinski definition) is 0. The standard InChI is InChI=1S/C17H16Cl2FNO2S2/c18-12-5-6-14(19)17(11-12)25(22,23)21-8-7-16(24-10-9-21)13-3-1-2-4-15(13)20/h1-6,11,16H,7-10H2/t16-/m0/s1. The van der Waals surface area contributed by atoms with Crippen LogP contribution in [-0.4, -0.2) is 31.6 Å². The first kappa shape index (κ1) is 19.0. The van der Waals surface area contributed by atoms with Gasteiger partial charge in [0.15, 0.2) is 0 Å². The van der Waals surface area contributed by atoms with E-state index >= 15 is 0 Å². The Labute approximate surface area is 161 Å². The fourth-order valence-electron chi connectivity index (χ4n) is 2.79. The lowest BCUT2D eigenvalue weighted by atomic mass is 10.1. The predicted molar refractivity (Wildman–Crippen MR) is 101 cm³/mol. The maximum atomic E-state index is 14.0. The van der Waals surface area contributed by atoms with E-state index in [1.54, 1.807) is 36.0 Å². The Balaban J connectivity index is 1.83. The van der Waals surface area contributed by atoms with Crippen LogP contribution in [-0.2, 0) is 10.0 Å². The third kappa shape index (κ3) is 4.14. The van der Waals surface area contributed by atoms with Gasteiger partial charge in [-0.1, -0.05) is 41.4 Å². The van der Waals surface area contributed by atoms with Gasteiger partial charge in [0, 0.05) is 34.7 Å². The van der Waals surface area contributed by atoms with Crippen molar-refractivity contribution in [2.24, 2.45) is 0 Å². The van der Waals surface area contributed by atoms with Crippen LogP contribution in [0.5, 0.6) is 0 Å². The average Bonchev–Trinajstić information content (AvgIpc) is 2.84. The third-order valence-electron chi connectivity index (χ3n) is 4.06. The minimum atomic E-state index is -3.74. The number of rotatable bonds is 3. The Hall–Kier alpha value is -0.790. The molecule has 0 radical (unpaired) electrons. The molecule has 2 aromatic rings. The highest BCUT2D eigenvalue weighted by Gasteiger charge is 2.30. The monoisotopic (exact) mass is 419 g/mol. The van der Waals surface area contributed by atoms with Crippen LogP contribution in [0.1, 0.15) is 17.2 Å². The van der Waals surface area contributed by atoms with Gasteiger partial charge in [-0.3, -0.25) is 0 Å². The van der Waals surface area contributed by atoms with Gasteiger partial charge in [-0.15, -0.1) is 0 Å². The summed E-state index contributed by atoms with van der Waals surface area (Å²) in [7, 11) is -3.74. The van der Waals surface area contributed by atoms with Crippen LogP contribution in [0.25, 0.3) is 0 Å². The van der Waals surface area contributed by atoms with Crippen molar-refractivity contribution in [3.63, 3.8) is 0 Å². The maximum Gasteiger partial charge on any atom is 0.244 e. The Kier molecular flexibility index (Phi) is 5.96. The molecular formula is C17H16Cl2FNO2S2.